The van der Waals surface area contributed by atoms with Crippen LogP contribution in [0.15, 0.2) is 18.2 Å². The first-order valence-corrected chi connectivity index (χ1v) is 6.68. The predicted molar refractivity (Wildman–Crippen MR) is 77.4 cm³/mol. The lowest BCUT2D eigenvalue weighted by molar-refractivity contribution is -0.386. The molecule has 0 fully saturated rings. The maximum Gasteiger partial charge on any atom is 0.344 e. The summed E-state index contributed by atoms with van der Waals surface area (Å²) in [4.78, 5) is 21.2. The Labute approximate surface area is 123 Å². The van der Waals surface area contributed by atoms with Crippen molar-refractivity contribution in [3.8, 4) is 5.75 Å². The zero-order chi connectivity index (χ0) is 16.0. The van der Waals surface area contributed by atoms with Gasteiger partial charge in [-0.3, -0.25) is 10.1 Å². The van der Waals surface area contributed by atoms with E-state index < -0.39 is 17.0 Å². The van der Waals surface area contributed by atoms with Crippen molar-refractivity contribution in [3.05, 3.63) is 33.9 Å². The number of nitrogens with one attached hydrogen (secondary N) is 1. The fraction of sp³-hybridized carbons (Fsp3) is 0.500. The van der Waals surface area contributed by atoms with Gasteiger partial charge in [-0.05, 0) is 31.0 Å². The van der Waals surface area contributed by atoms with Gasteiger partial charge < -0.3 is 15.2 Å². The molecule has 0 spiro atoms. The molecule has 0 bridgehead atoms. The van der Waals surface area contributed by atoms with Crippen LogP contribution in [0.25, 0.3) is 0 Å². The molecular formula is C14H20N2O5. The standard InChI is InChI=1S/C14H20N2O5/c1-9(2)7-15-8-11-4-5-13(12(6-11)16(19)20)21-10(3)14(17)18/h4-6,9-10,15H,7-8H2,1-3H3,(H,17,18). The van der Waals surface area contributed by atoms with Crippen molar-refractivity contribution in [2.75, 3.05) is 6.54 Å². The molecule has 116 valence electrons. The normalized spacial score (nSPS) is 12.2. The van der Waals surface area contributed by atoms with E-state index in [1.165, 1.54) is 19.1 Å². The summed E-state index contributed by atoms with van der Waals surface area (Å²) in [6.07, 6.45) is -1.14. The molecule has 1 atom stereocenters. The Morgan fingerprint density at radius 1 is 1.43 bits per heavy atom. The molecule has 0 aliphatic heterocycles. The minimum atomic E-state index is -1.17. The van der Waals surface area contributed by atoms with Crippen molar-refractivity contribution in [2.45, 2.75) is 33.4 Å². The van der Waals surface area contributed by atoms with Gasteiger partial charge >= 0.3 is 11.7 Å². The monoisotopic (exact) mass is 296 g/mol. The van der Waals surface area contributed by atoms with Crippen molar-refractivity contribution < 1.29 is 19.6 Å². The Balaban J connectivity index is 2.86. The molecule has 0 amide bonds. The third kappa shape index (κ3) is 5.39. The topological polar surface area (TPSA) is 102 Å². The van der Waals surface area contributed by atoms with E-state index in [-0.39, 0.29) is 11.4 Å². The highest BCUT2D eigenvalue weighted by atomic mass is 16.6. The van der Waals surface area contributed by atoms with E-state index >= 15 is 0 Å². The second kappa shape index (κ2) is 7.58. The summed E-state index contributed by atoms with van der Waals surface area (Å²) >= 11 is 0. The Kier molecular flexibility index (Phi) is 6.10. The molecular weight excluding hydrogens is 276 g/mol. The molecule has 0 aromatic heterocycles. The Bertz CT molecular complexity index is 516. The second-order valence-corrected chi connectivity index (χ2v) is 5.18. The average molecular weight is 296 g/mol. The lowest BCUT2D eigenvalue weighted by Gasteiger charge is -2.12. The number of hydrogen-bond acceptors (Lipinski definition) is 5. The highest BCUT2D eigenvalue weighted by molar-refractivity contribution is 5.72. The van der Waals surface area contributed by atoms with Crippen LogP contribution >= 0.6 is 0 Å². The number of nitrogens with zero attached hydrogens (tertiary/aromatic N) is 1. The van der Waals surface area contributed by atoms with E-state index in [1.807, 2.05) is 0 Å². The van der Waals surface area contributed by atoms with Crippen LogP contribution in [0.2, 0.25) is 0 Å². The number of ether oxygens (including phenoxy) is 1. The lowest BCUT2D eigenvalue weighted by Crippen LogP contribution is -2.23. The fourth-order valence-electron chi connectivity index (χ4n) is 1.66. The SMILES string of the molecule is CC(C)CNCc1ccc(OC(C)C(=O)O)c([N+](=O)[O-])c1. The maximum absolute atomic E-state index is 11.1. The van der Waals surface area contributed by atoms with Crippen molar-refractivity contribution in [1.29, 1.82) is 0 Å². The van der Waals surface area contributed by atoms with Gasteiger partial charge in [-0.15, -0.1) is 0 Å². The minimum Gasteiger partial charge on any atom is -0.479 e. The smallest absolute Gasteiger partial charge is 0.344 e. The summed E-state index contributed by atoms with van der Waals surface area (Å²) in [6, 6.07) is 4.52. The molecule has 1 rings (SSSR count). The van der Waals surface area contributed by atoms with Crippen LogP contribution in [0, 0.1) is 16.0 Å². The number of nitro groups is 1. The molecule has 0 heterocycles. The minimum absolute atomic E-state index is 0.0393. The first-order chi connectivity index (χ1) is 9.81. The zero-order valence-corrected chi connectivity index (χ0v) is 12.3. The Hall–Kier alpha value is -2.15. The van der Waals surface area contributed by atoms with E-state index in [0.29, 0.717) is 12.5 Å². The fourth-order valence-corrected chi connectivity index (χ4v) is 1.66. The number of benzene rings is 1. The molecule has 0 aliphatic carbocycles. The maximum atomic E-state index is 11.1. The van der Waals surface area contributed by atoms with Gasteiger partial charge in [0.2, 0.25) is 0 Å². The Morgan fingerprint density at radius 3 is 2.62 bits per heavy atom. The first-order valence-electron chi connectivity index (χ1n) is 6.68. The lowest BCUT2D eigenvalue weighted by atomic mass is 10.1. The zero-order valence-electron chi connectivity index (χ0n) is 12.3. The molecule has 2 N–H and O–H groups in total. The number of rotatable bonds is 8. The summed E-state index contributed by atoms with van der Waals surface area (Å²) in [5, 5.41) is 23.0. The molecule has 7 nitrogen and oxygen atoms in total. The van der Waals surface area contributed by atoms with Gasteiger partial charge in [-0.25, -0.2) is 4.79 Å². The first kappa shape index (κ1) is 16.9. The molecule has 0 aliphatic rings. The second-order valence-electron chi connectivity index (χ2n) is 5.18. The van der Waals surface area contributed by atoms with Crippen LogP contribution in [0.3, 0.4) is 0 Å². The van der Waals surface area contributed by atoms with Gasteiger partial charge in [0.05, 0.1) is 4.92 Å². The molecule has 0 saturated carbocycles. The molecule has 7 heteroatoms. The van der Waals surface area contributed by atoms with Gasteiger partial charge in [0, 0.05) is 12.6 Å². The van der Waals surface area contributed by atoms with E-state index in [4.69, 9.17) is 9.84 Å². The van der Waals surface area contributed by atoms with Gasteiger partial charge in [0.1, 0.15) is 0 Å². The summed E-state index contributed by atoms with van der Waals surface area (Å²) in [7, 11) is 0. The number of aliphatic carboxylic acids is 1. The van der Waals surface area contributed by atoms with E-state index in [0.717, 1.165) is 12.1 Å². The summed E-state index contributed by atoms with van der Waals surface area (Å²) < 4.78 is 5.10. The highest BCUT2D eigenvalue weighted by Gasteiger charge is 2.21. The van der Waals surface area contributed by atoms with E-state index in [1.54, 1.807) is 6.07 Å². The number of carboxylic acids is 1. The molecule has 0 radical (unpaired) electrons. The Morgan fingerprint density at radius 2 is 2.10 bits per heavy atom. The average Bonchev–Trinajstić information content (AvgIpc) is 2.39. The van der Waals surface area contributed by atoms with Gasteiger partial charge in [0.25, 0.3) is 0 Å². The van der Waals surface area contributed by atoms with Crippen molar-refractivity contribution in [2.24, 2.45) is 5.92 Å². The third-order valence-electron chi connectivity index (χ3n) is 2.75. The quantitative estimate of drug-likeness (QED) is 0.563. The van der Waals surface area contributed by atoms with Gasteiger partial charge in [-0.2, -0.15) is 0 Å². The van der Waals surface area contributed by atoms with Gasteiger partial charge in [-0.1, -0.05) is 19.9 Å². The number of carbonyl (C=O) groups is 1. The largest absolute Gasteiger partial charge is 0.479 e. The van der Waals surface area contributed by atoms with Crippen LogP contribution in [0.5, 0.6) is 5.75 Å². The molecule has 1 aromatic carbocycles. The van der Waals surface area contributed by atoms with Crippen LogP contribution in [-0.2, 0) is 11.3 Å². The molecule has 1 aromatic rings. The van der Waals surface area contributed by atoms with E-state index in [9.17, 15) is 14.9 Å². The number of carboxylic acid groups (broad SMARTS) is 1. The van der Waals surface area contributed by atoms with Gasteiger partial charge in [0.15, 0.2) is 11.9 Å². The molecule has 21 heavy (non-hydrogen) atoms. The molecule has 1 unspecified atom stereocenters. The van der Waals surface area contributed by atoms with Crippen molar-refractivity contribution in [3.63, 3.8) is 0 Å². The van der Waals surface area contributed by atoms with Crippen LogP contribution in [0.1, 0.15) is 26.3 Å². The molecule has 0 saturated heterocycles. The number of hydrogen-bond donors (Lipinski definition) is 2. The highest BCUT2D eigenvalue weighted by Crippen LogP contribution is 2.28. The third-order valence-corrected chi connectivity index (χ3v) is 2.75. The van der Waals surface area contributed by atoms with Crippen molar-refractivity contribution >= 4 is 11.7 Å². The number of nitro benzene ring substituents is 1. The van der Waals surface area contributed by atoms with Crippen LogP contribution in [-0.4, -0.2) is 28.6 Å². The summed E-state index contributed by atoms with van der Waals surface area (Å²) in [5.74, 6) is -0.728. The summed E-state index contributed by atoms with van der Waals surface area (Å²) in [6.45, 7) is 6.78. The van der Waals surface area contributed by atoms with Crippen LogP contribution < -0.4 is 10.1 Å². The van der Waals surface area contributed by atoms with Crippen LogP contribution in [0.4, 0.5) is 5.69 Å². The predicted octanol–water partition coefficient (Wildman–Crippen LogP) is 2.19. The van der Waals surface area contributed by atoms with Crippen molar-refractivity contribution in [1.82, 2.24) is 5.32 Å². The summed E-state index contributed by atoms with van der Waals surface area (Å²) in [5.41, 5.74) is 0.518. The van der Waals surface area contributed by atoms with E-state index in [2.05, 4.69) is 19.2 Å².